The van der Waals surface area contributed by atoms with Crippen molar-refractivity contribution in [1.82, 2.24) is 0 Å². The summed E-state index contributed by atoms with van der Waals surface area (Å²) in [6.45, 7) is 0. The predicted molar refractivity (Wildman–Crippen MR) is 74.1 cm³/mol. The molecular formula is C13H11ClFNO2S. The summed E-state index contributed by atoms with van der Waals surface area (Å²) in [4.78, 5) is 0. The van der Waals surface area contributed by atoms with Gasteiger partial charge in [0.1, 0.15) is 5.82 Å². The van der Waals surface area contributed by atoms with Crippen LogP contribution in [0.15, 0.2) is 48.5 Å². The van der Waals surface area contributed by atoms with Gasteiger partial charge >= 0.3 is 0 Å². The third kappa shape index (κ3) is 3.94. The zero-order chi connectivity index (χ0) is 13.9. The van der Waals surface area contributed by atoms with E-state index in [1.165, 1.54) is 18.2 Å². The standard InChI is InChI=1S/C13H11ClFNO2S/c14-11-5-3-4-10(8-11)9-19(17,18)16-13-7-2-1-6-12(13)15/h1-8,16H,9H2. The summed E-state index contributed by atoms with van der Waals surface area (Å²) in [7, 11) is -3.68. The highest BCUT2D eigenvalue weighted by atomic mass is 35.5. The van der Waals surface area contributed by atoms with E-state index >= 15 is 0 Å². The lowest BCUT2D eigenvalue weighted by molar-refractivity contribution is 0.598. The van der Waals surface area contributed by atoms with Crippen LogP contribution in [0, 0.1) is 5.82 Å². The van der Waals surface area contributed by atoms with Crippen LogP contribution in [0.25, 0.3) is 0 Å². The number of hydrogen-bond acceptors (Lipinski definition) is 2. The molecule has 0 saturated heterocycles. The van der Waals surface area contributed by atoms with Crippen LogP contribution in [0.3, 0.4) is 0 Å². The van der Waals surface area contributed by atoms with Gasteiger partial charge < -0.3 is 0 Å². The van der Waals surface area contributed by atoms with Crippen molar-refractivity contribution < 1.29 is 12.8 Å². The van der Waals surface area contributed by atoms with Gasteiger partial charge in [-0.3, -0.25) is 4.72 Å². The second-order valence-corrected chi connectivity index (χ2v) is 6.13. The lowest BCUT2D eigenvalue weighted by Crippen LogP contribution is -2.15. The summed E-state index contributed by atoms with van der Waals surface area (Å²) in [5.41, 5.74) is 0.473. The minimum absolute atomic E-state index is 0.0653. The van der Waals surface area contributed by atoms with Crippen molar-refractivity contribution in [3.05, 3.63) is 64.9 Å². The number of rotatable bonds is 4. The summed E-state index contributed by atoms with van der Waals surface area (Å²) in [5, 5.41) is 0.457. The van der Waals surface area contributed by atoms with Crippen molar-refractivity contribution in [3.8, 4) is 0 Å². The van der Waals surface area contributed by atoms with Crippen LogP contribution in [0.5, 0.6) is 0 Å². The fourth-order valence-electron chi connectivity index (χ4n) is 1.59. The highest BCUT2D eigenvalue weighted by Crippen LogP contribution is 2.17. The van der Waals surface area contributed by atoms with E-state index in [1.807, 2.05) is 0 Å². The Labute approximate surface area is 116 Å². The normalized spacial score (nSPS) is 11.3. The van der Waals surface area contributed by atoms with Crippen molar-refractivity contribution in [3.63, 3.8) is 0 Å². The molecule has 0 amide bonds. The maximum absolute atomic E-state index is 13.4. The second kappa shape index (κ2) is 5.59. The molecule has 0 atom stereocenters. The molecule has 0 aliphatic carbocycles. The SMILES string of the molecule is O=S(=O)(Cc1cccc(Cl)c1)Nc1ccccc1F. The van der Waals surface area contributed by atoms with Crippen molar-refractivity contribution in [2.75, 3.05) is 4.72 Å². The Bertz CT molecular complexity index is 689. The van der Waals surface area contributed by atoms with Gasteiger partial charge in [-0.15, -0.1) is 0 Å². The maximum Gasteiger partial charge on any atom is 0.237 e. The number of para-hydroxylation sites is 1. The third-order valence-electron chi connectivity index (χ3n) is 2.39. The van der Waals surface area contributed by atoms with Gasteiger partial charge in [-0.25, -0.2) is 12.8 Å². The number of sulfonamides is 1. The largest absolute Gasteiger partial charge is 0.280 e. The molecule has 0 heterocycles. The highest BCUT2D eigenvalue weighted by Gasteiger charge is 2.14. The van der Waals surface area contributed by atoms with Gasteiger partial charge in [0, 0.05) is 5.02 Å². The maximum atomic E-state index is 13.4. The number of nitrogens with one attached hydrogen (secondary N) is 1. The quantitative estimate of drug-likeness (QED) is 0.940. The molecule has 0 bridgehead atoms. The first-order valence-corrected chi connectivity index (χ1v) is 7.49. The molecule has 0 aliphatic heterocycles. The van der Waals surface area contributed by atoms with Crippen molar-refractivity contribution in [2.24, 2.45) is 0 Å². The summed E-state index contributed by atoms with van der Waals surface area (Å²) < 4.78 is 39.4. The van der Waals surface area contributed by atoms with Crippen LogP contribution in [0.4, 0.5) is 10.1 Å². The average Bonchev–Trinajstić information content (AvgIpc) is 2.31. The highest BCUT2D eigenvalue weighted by molar-refractivity contribution is 7.91. The topological polar surface area (TPSA) is 46.2 Å². The van der Waals surface area contributed by atoms with Gasteiger partial charge in [0.25, 0.3) is 0 Å². The second-order valence-electron chi connectivity index (χ2n) is 3.97. The smallest absolute Gasteiger partial charge is 0.237 e. The lowest BCUT2D eigenvalue weighted by atomic mass is 10.2. The molecule has 1 N–H and O–H groups in total. The van der Waals surface area contributed by atoms with Gasteiger partial charge in [0.2, 0.25) is 10.0 Å². The molecule has 19 heavy (non-hydrogen) atoms. The number of benzene rings is 2. The van der Waals surface area contributed by atoms with E-state index in [0.717, 1.165) is 0 Å². The van der Waals surface area contributed by atoms with Crippen molar-refractivity contribution in [2.45, 2.75) is 5.75 Å². The Morgan fingerprint density at radius 1 is 1.11 bits per heavy atom. The van der Waals surface area contributed by atoms with Crippen molar-refractivity contribution in [1.29, 1.82) is 0 Å². The summed E-state index contributed by atoms with van der Waals surface area (Å²) in [5.74, 6) is -0.876. The first-order chi connectivity index (χ1) is 8.96. The molecule has 3 nitrogen and oxygen atoms in total. The molecule has 2 rings (SSSR count). The van der Waals surface area contributed by atoms with Gasteiger partial charge in [0.15, 0.2) is 0 Å². The van der Waals surface area contributed by atoms with E-state index in [0.29, 0.717) is 10.6 Å². The van der Waals surface area contributed by atoms with Gasteiger partial charge in [-0.1, -0.05) is 35.9 Å². The number of halogens is 2. The Morgan fingerprint density at radius 2 is 1.84 bits per heavy atom. The molecule has 0 unspecified atom stereocenters. The Morgan fingerprint density at radius 3 is 2.53 bits per heavy atom. The number of anilines is 1. The molecule has 0 fully saturated rings. The molecule has 0 radical (unpaired) electrons. The lowest BCUT2D eigenvalue weighted by Gasteiger charge is -2.09. The Balaban J connectivity index is 2.18. The summed E-state index contributed by atoms with van der Waals surface area (Å²) in [6, 6.07) is 12.1. The van der Waals surface area contributed by atoms with E-state index in [4.69, 9.17) is 11.6 Å². The van der Waals surface area contributed by atoms with Crippen LogP contribution >= 0.6 is 11.6 Å². The fraction of sp³-hybridized carbons (Fsp3) is 0.0769. The minimum Gasteiger partial charge on any atom is -0.280 e. The van der Waals surface area contributed by atoms with E-state index in [2.05, 4.69) is 4.72 Å². The molecule has 2 aromatic carbocycles. The molecule has 6 heteroatoms. The van der Waals surface area contributed by atoms with E-state index in [1.54, 1.807) is 30.3 Å². The molecule has 100 valence electrons. The van der Waals surface area contributed by atoms with Crippen LogP contribution in [0.1, 0.15) is 5.56 Å². The zero-order valence-corrected chi connectivity index (χ0v) is 11.4. The molecule has 0 aliphatic rings. The molecule has 0 saturated carbocycles. The van der Waals surface area contributed by atoms with Crippen LogP contribution in [0.2, 0.25) is 5.02 Å². The molecular weight excluding hydrogens is 289 g/mol. The Hall–Kier alpha value is -1.59. The zero-order valence-electron chi connectivity index (χ0n) is 9.81. The first-order valence-electron chi connectivity index (χ1n) is 5.46. The van der Waals surface area contributed by atoms with Crippen molar-refractivity contribution >= 4 is 27.3 Å². The molecule has 0 aromatic heterocycles. The van der Waals surface area contributed by atoms with Gasteiger partial charge in [0.05, 0.1) is 11.4 Å². The van der Waals surface area contributed by atoms with Crippen LogP contribution < -0.4 is 4.72 Å². The van der Waals surface area contributed by atoms with Gasteiger partial charge in [-0.2, -0.15) is 0 Å². The number of hydrogen-bond donors (Lipinski definition) is 1. The molecule has 0 spiro atoms. The third-order valence-corrected chi connectivity index (χ3v) is 3.86. The summed E-state index contributed by atoms with van der Waals surface area (Å²) >= 11 is 5.78. The monoisotopic (exact) mass is 299 g/mol. The van der Waals surface area contributed by atoms with Crippen LogP contribution in [-0.4, -0.2) is 8.42 Å². The minimum atomic E-state index is -3.68. The predicted octanol–water partition coefficient (Wildman–Crippen LogP) is 3.42. The van der Waals surface area contributed by atoms with E-state index in [-0.39, 0.29) is 11.4 Å². The van der Waals surface area contributed by atoms with Gasteiger partial charge in [-0.05, 0) is 29.8 Å². The first kappa shape index (κ1) is 13.8. The average molecular weight is 300 g/mol. The fourth-order valence-corrected chi connectivity index (χ4v) is 3.00. The van der Waals surface area contributed by atoms with Crippen LogP contribution in [-0.2, 0) is 15.8 Å². The van der Waals surface area contributed by atoms with E-state index < -0.39 is 15.8 Å². The summed E-state index contributed by atoms with van der Waals surface area (Å²) in [6.07, 6.45) is 0. The Kier molecular flexibility index (Phi) is 4.07. The molecule has 2 aromatic rings. The van der Waals surface area contributed by atoms with E-state index in [9.17, 15) is 12.8 Å².